The van der Waals surface area contributed by atoms with Crippen molar-refractivity contribution in [3.8, 4) is 0 Å². The summed E-state index contributed by atoms with van der Waals surface area (Å²) in [5, 5.41) is 5.38. The minimum Gasteiger partial charge on any atom is -0.377 e. The Morgan fingerprint density at radius 3 is 2.95 bits per heavy atom. The molecular formula is C14H17ClN4OS. The summed E-state index contributed by atoms with van der Waals surface area (Å²) < 4.78 is 5.11. The van der Waals surface area contributed by atoms with E-state index in [-0.39, 0.29) is 0 Å². The van der Waals surface area contributed by atoms with Crippen LogP contribution < -0.4 is 5.32 Å². The molecule has 0 unspecified atom stereocenters. The number of ether oxygens (including phenoxy) is 1. The Labute approximate surface area is 133 Å². The number of anilines is 1. The third kappa shape index (κ3) is 4.84. The predicted octanol–water partition coefficient (Wildman–Crippen LogP) is 3.64. The van der Waals surface area contributed by atoms with E-state index < -0.39 is 0 Å². The SMILES string of the molecule is CCCNc1cc(Sc2ncccc2Cl)nc(COC)n1. The lowest BCUT2D eigenvalue weighted by Crippen LogP contribution is -2.06. The van der Waals surface area contributed by atoms with Crippen molar-refractivity contribution in [2.24, 2.45) is 0 Å². The van der Waals surface area contributed by atoms with E-state index in [1.165, 1.54) is 11.8 Å². The zero-order chi connectivity index (χ0) is 15.1. The van der Waals surface area contributed by atoms with Crippen LogP contribution in [-0.2, 0) is 11.3 Å². The highest BCUT2D eigenvalue weighted by Gasteiger charge is 2.09. The molecule has 2 aromatic rings. The largest absolute Gasteiger partial charge is 0.377 e. The van der Waals surface area contributed by atoms with Gasteiger partial charge in [0.2, 0.25) is 0 Å². The van der Waals surface area contributed by atoms with E-state index >= 15 is 0 Å². The normalized spacial score (nSPS) is 10.6. The molecule has 7 heteroatoms. The topological polar surface area (TPSA) is 59.9 Å². The minimum absolute atomic E-state index is 0.366. The summed E-state index contributed by atoms with van der Waals surface area (Å²) in [6.45, 7) is 3.33. The predicted molar refractivity (Wildman–Crippen MR) is 84.9 cm³/mol. The van der Waals surface area contributed by atoms with Crippen LogP contribution >= 0.6 is 23.4 Å². The second kappa shape index (κ2) is 8.17. The lowest BCUT2D eigenvalue weighted by Gasteiger charge is -2.09. The number of halogens is 1. The Morgan fingerprint density at radius 1 is 1.38 bits per heavy atom. The number of rotatable bonds is 7. The van der Waals surface area contributed by atoms with Crippen molar-refractivity contribution in [1.29, 1.82) is 0 Å². The summed E-state index contributed by atoms with van der Waals surface area (Å²) in [5.74, 6) is 1.42. The fraction of sp³-hybridized carbons (Fsp3) is 0.357. The second-order valence-corrected chi connectivity index (χ2v) is 5.68. The zero-order valence-corrected chi connectivity index (χ0v) is 13.5. The molecule has 0 aliphatic heterocycles. The molecule has 0 aliphatic carbocycles. The van der Waals surface area contributed by atoms with Gasteiger partial charge in [0.1, 0.15) is 22.5 Å². The van der Waals surface area contributed by atoms with Crippen LogP contribution in [0.4, 0.5) is 5.82 Å². The summed E-state index contributed by atoms with van der Waals surface area (Å²) in [4.78, 5) is 13.1. The molecule has 0 aromatic carbocycles. The summed E-state index contributed by atoms with van der Waals surface area (Å²) in [5.41, 5.74) is 0. The monoisotopic (exact) mass is 324 g/mol. The van der Waals surface area contributed by atoms with Gasteiger partial charge in [0.15, 0.2) is 5.82 Å². The summed E-state index contributed by atoms with van der Waals surface area (Å²) >= 11 is 7.54. The van der Waals surface area contributed by atoms with Crippen LogP contribution in [0.15, 0.2) is 34.4 Å². The van der Waals surface area contributed by atoms with Crippen LogP contribution in [0.25, 0.3) is 0 Å². The molecule has 0 fully saturated rings. The van der Waals surface area contributed by atoms with Crippen LogP contribution in [0.2, 0.25) is 5.02 Å². The molecule has 0 bridgehead atoms. The Kier molecular flexibility index (Phi) is 6.22. The lowest BCUT2D eigenvalue weighted by atomic mass is 10.4. The van der Waals surface area contributed by atoms with E-state index in [9.17, 15) is 0 Å². The summed E-state index contributed by atoms with van der Waals surface area (Å²) in [6, 6.07) is 5.51. The molecule has 0 radical (unpaired) electrons. The van der Waals surface area contributed by atoms with Gasteiger partial charge < -0.3 is 10.1 Å². The first-order valence-electron chi connectivity index (χ1n) is 6.62. The highest BCUT2D eigenvalue weighted by atomic mass is 35.5. The lowest BCUT2D eigenvalue weighted by molar-refractivity contribution is 0.177. The van der Waals surface area contributed by atoms with Gasteiger partial charge >= 0.3 is 0 Å². The third-order valence-electron chi connectivity index (χ3n) is 2.50. The van der Waals surface area contributed by atoms with E-state index in [2.05, 4.69) is 27.2 Å². The van der Waals surface area contributed by atoms with E-state index in [0.717, 1.165) is 28.8 Å². The Bertz CT molecular complexity index is 597. The van der Waals surface area contributed by atoms with Crippen LogP contribution in [0.3, 0.4) is 0 Å². The van der Waals surface area contributed by atoms with Gasteiger partial charge in [0, 0.05) is 25.9 Å². The van der Waals surface area contributed by atoms with E-state index in [0.29, 0.717) is 17.5 Å². The smallest absolute Gasteiger partial charge is 0.157 e. The van der Waals surface area contributed by atoms with Gasteiger partial charge in [0.05, 0.1) is 5.02 Å². The molecule has 2 rings (SSSR count). The van der Waals surface area contributed by atoms with Crippen LogP contribution in [0.1, 0.15) is 19.2 Å². The van der Waals surface area contributed by atoms with Crippen molar-refractivity contribution in [3.05, 3.63) is 35.2 Å². The first-order valence-corrected chi connectivity index (χ1v) is 7.81. The maximum atomic E-state index is 6.13. The number of methoxy groups -OCH3 is 1. The average Bonchev–Trinajstić information content (AvgIpc) is 2.48. The van der Waals surface area contributed by atoms with E-state index in [4.69, 9.17) is 16.3 Å². The number of nitrogens with one attached hydrogen (secondary N) is 1. The molecule has 112 valence electrons. The number of aromatic nitrogens is 3. The molecule has 0 spiro atoms. The summed E-state index contributed by atoms with van der Waals surface area (Å²) in [6.07, 6.45) is 2.74. The first kappa shape index (κ1) is 16.0. The number of hydrogen-bond donors (Lipinski definition) is 1. The van der Waals surface area contributed by atoms with E-state index in [1.54, 1.807) is 19.4 Å². The number of nitrogens with zero attached hydrogens (tertiary/aromatic N) is 3. The highest BCUT2D eigenvalue weighted by Crippen LogP contribution is 2.30. The second-order valence-electron chi connectivity index (χ2n) is 4.26. The van der Waals surface area contributed by atoms with Gasteiger partial charge in [-0.15, -0.1) is 0 Å². The van der Waals surface area contributed by atoms with Crippen molar-refractivity contribution in [3.63, 3.8) is 0 Å². The van der Waals surface area contributed by atoms with Crippen LogP contribution in [-0.4, -0.2) is 28.6 Å². The molecule has 2 aromatic heterocycles. The van der Waals surface area contributed by atoms with Crippen molar-refractivity contribution in [2.75, 3.05) is 19.0 Å². The van der Waals surface area contributed by atoms with Crippen molar-refractivity contribution in [2.45, 2.75) is 30.0 Å². The molecule has 0 saturated heterocycles. The number of hydrogen-bond acceptors (Lipinski definition) is 6. The molecule has 0 amide bonds. The standard InChI is InChI=1S/C14H17ClN4OS/c1-3-6-16-11-8-13(19-12(18-11)9-20-2)21-14-10(15)5-4-7-17-14/h4-5,7-8H,3,6,9H2,1-2H3,(H,16,18,19). The van der Waals surface area contributed by atoms with Gasteiger partial charge in [-0.1, -0.05) is 18.5 Å². The maximum Gasteiger partial charge on any atom is 0.157 e. The van der Waals surface area contributed by atoms with E-state index in [1.807, 2.05) is 12.1 Å². The van der Waals surface area contributed by atoms with Crippen molar-refractivity contribution < 1.29 is 4.74 Å². The molecular weight excluding hydrogens is 308 g/mol. The molecule has 2 heterocycles. The Balaban J connectivity index is 2.24. The van der Waals surface area contributed by atoms with Gasteiger partial charge in [-0.25, -0.2) is 15.0 Å². The minimum atomic E-state index is 0.366. The molecule has 0 saturated carbocycles. The third-order valence-corrected chi connectivity index (χ3v) is 3.86. The Morgan fingerprint density at radius 2 is 2.24 bits per heavy atom. The summed E-state index contributed by atoms with van der Waals surface area (Å²) in [7, 11) is 1.62. The molecule has 21 heavy (non-hydrogen) atoms. The van der Waals surface area contributed by atoms with Crippen LogP contribution in [0, 0.1) is 0 Å². The highest BCUT2D eigenvalue weighted by molar-refractivity contribution is 7.99. The van der Waals surface area contributed by atoms with Gasteiger partial charge in [-0.2, -0.15) is 0 Å². The molecule has 1 N–H and O–H groups in total. The van der Waals surface area contributed by atoms with Gasteiger partial charge in [0.25, 0.3) is 0 Å². The maximum absolute atomic E-state index is 6.13. The fourth-order valence-corrected chi connectivity index (χ4v) is 2.64. The molecule has 0 aliphatic rings. The molecule has 0 atom stereocenters. The quantitative estimate of drug-likeness (QED) is 0.785. The fourth-order valence-electron chi connectivity index (χ4n) is 1.61. The van der Waals surface area contributed by atoms with Gasteiger partial charge in [-0.05, 0) is 30.3 Å². The Hall–Kier alpha value is -1.37. The number of pyridine rings is 1. The van der Waals surface area contributed by atoms with Crippen LogP contribution in [0.5, 0.6) is 0 Å². The van der Waals surface area contributed by atoms with Crippen molar-refractivity contribution in [1.82, 2.24) is 15.0 Å². The molecule has 5 nitrogen and oxygen atoms in total. The zero-order valence-electron chi connectivity index (χ0n) is 12.0. The first-order chi connectivity index (χ1) is 10.2. The van der Waals surface area contributed by atoms with Crippen molar-refractivity contribution >= 4 is 29.2 Å². The van der Waals surface area contributed by atoms with Gasteiger partial charge in [-0.3, -0.25) is 0 Å². The average molecular weight is 325 g/mol.